The second-order valence-corrected chi connectivity index (χ2v) is 13.1. The third kappa shape index (κ3) is 8.91. The lowest BCUT2D eigenvalue weighted by Crippen LogP contribution is -2.51. The van der Waals surface area contributed by atoms with Crippen molar-refractivity contribution in [2.75, 3.05) is 32.9 Å². The Kier molecular flexibility index (Phi) is 11.4. The highest BCUT2D eigenvalue weighted by molar-refractivity contribution is 7.89. The number of hydrogen-bond donors (Lipinski definition) is 1. The van der Waals surface area contributed by atoms with E-state index in [9.17, 15) is 18.0 Å². The molecule has 1 aliphatic rings. The van der Waals surface area contributed by atoms with Crippen LogP contribution < -0.4 is 10.1 Å². The maximum absolute atomic E-state index is 13.9. The molecule has 1 unspecified atom stereocenters. The Bertz CT molecular complexity index is 1690. The summed E-state index contributed by atoms with van der Waals surface area (Å²) in [6.45, 7) is 1.29. The van der Waals surface area contributed by atoms with Crippen LogP contribution in [-0.4, -0.2) is 73.4 Å². The van der Waals surface area contributed by atoms with Gasteiger partial charge in [0.15, 0.2) is 6.61 Å². The van der Waals surface area contributed by atoms with Crippen molar-refractivity contribution >= 4 is 33.4 Å². The van der Waals surface area contributed by atoms with E-state index in [1.165, 1.54) is 33.5 Å². The van der Waals surface area contributed by atoms with E-state index in [1.807, 2.05) is 48.5 Å². The second-order valence-electron chi connectivity index (χ2n) is 10.7. The van der Waals surface area contributed by atoms with Gasteiger partial charge in [-0.3, -0.25) is 14.6 Å². The van der Waals surface area contributed by atoms with Crippen molar-refractivity contribution in [2.24, 2.45) is 0 Å². The second kappa shape index (κ2) is 15.8. The maximum Gasteiger partial charge on any atom is 0.261 e. The Morgan fingerprint density at radius 1 is 0.913 bits per heavy atom. The number of nitrogens with zero attached hydrogens (tertiary/aromatic N) is 3. The monoisotopic (exact) mass is 662 g/mol. The van der Waals surface area contributed by atoms with E-state index in [2.05, 4.69) is 10.3 Å². The highest BCUT2D eigenvalue weighted by Gasteiger charge is 2.31. The van der Waals surface area contributed by atoms with E-state index in [1.54, 1.807) is 30.6 Å². The quantitative estimate of drug-likeness (QED) is 0.229. The molecule has 4 aromatic rings. The van der Waals surface area contributed by atoms with Crippen LogP contribution in [0.25, 0.3) is 0 Å². The fourth-order valence-electron chi connectivity index (χ4n) is 5.02. The molecule has 1 N–H and O–H groups in total. The lowest BCUT2D eigenvalue weighted by atomic mass is 10.0. The van der Waals surface area contributed by atoms with Crippen LogP contribution in [0.2, 0.25) is 5.02 Å². The summed E-state index contributed by atoms with van der Waals surface area (Å²) in [7, 11) is -3.67. The van der Waals surface area contributed by atoms with Crippen LogP contribution in [-0.2, 0) is 43.9 Å². The van der Waals surface area contributed by atoms with Crippen molar-refractivity contribution in [3.63, 3.8) is 0 Å². The van der Waals surface area contributed by atoms with Gasteiger partial charge in [0.05, 0.1) is 18.1 Å². The average Bonchev–Trinajstić information content (AvgIpc) is 3.10. The molecule has 12 heteroatoms. The van der Waals surface area contributed by atoms with Gasteiger partial charge in [-0.15, -0.1) is 0 Å². The van der Waals surface area contributed by atoms with Crippen LogP contribution in [0.4, 0.5) is 0 Å². The van der Waals surface area contributed by atoms with Gasteiger partial charge in [0.2, 0.25) is 15.9 Å². The number of carbonyl (C=O) groups excluding carboxylic acids is 2. The summed E-state index contributed by atoms with van der Waals surface area (Å²) in [5.74, 6) is -0.425. The van der Waals surface area contributed by atoms with Gasteiger partial charge in [0.25, 0.3) is 5.91 Å². The number of rotatable bonds is 13. The van der Waals surface area contributed by atoms with Gasteiger partial charge in [-0.2, -0.15) is 4.31 Å². The number of hydrogen-bond acceptors (Lipinski definition) is 7. The van der Waals surface area contributed by atoms with Crippen LogP contribution in [0.15, 0.2) is 108 Å². The molecule has 240 valence electrons. The molecule has 0 aliphatic carbocycles. The number of nitrogens with one attached hydrogen (secondary N) is 1. The Hall–Kier alpha value is -4.29. The number of morpholine rings is 1. The minimum absolute atomic E-state index is 0.130. The first-order valence-corrected chi connectivity index (χ1v) is 16.7. The minimum atomic E-state index is -3.67. The SMILES string of the molecule is O=C(NCc1cccnc1)C(Cc1ccccc1)N(Cc1ccc(Cl)cc1)C(=O)COc1ccc(S(=O)(=O)N2CCOCC2)cc1. The summed E-state index contributed by atoms with van der Waals surface area (Å²) in [4.78, 5) is 33.4. The molecule has 5 rings (SSSR count). The molecule has 0 radical (unpaired) electrons. The first kappa shape index (κ1) is 33.1. The van der Waals surface area contributed by atoms with Crippen LogP contribution in [0.3, 0.4) is 0 Å². The lowest BCUT2D eigenvalue weighted by Gasteiger charge is -2.31. The largest absolute Gasteiger partial charge is 0.484 e. The smallest absolute Gasteiger partial charge is 0.261 e. The van der Waals surface area contributed by atoms with Gasteiger partial charge in [-0.1, -0.05) is 60.1 Å². The van der Waals surface area contributed by atoms with E-state index < -0.39 is 22.0 Å². The fraction of sp³-hybridized carbons (Fsp3) is 0.265. The standard InChI is InChI=1S/C34H35ClN4O6S/c35-29-10-8-27(9-11-29)24-39(32(21-26-5-2-1-3-6-26)34(41)37-23-28-7-4-16-36-22-28)33(40)25-45-30-12-14-31(15-13-30)46(42,43)38-17-19-44-20-18-38/h1-16,22,32H,17-21,23-25H2,(H,37,41). The number of pyridine rings is 1. The zero-order valence-electron chi connectivity index (χ0n) is 25.1. The normalized spacial score (nSPS) is 14.3. The molecule has 0 spiro atoms. The fourth-order valence-corrected chi connectivity index (χ4v) is 6.56. The molecular weight excluding hydrogens is 628 g/mol. The van der Waals surface area contributed by atoms with Gasteiger partial charge in [-0.25, -0.2) is 8.42 Å². The highest BCUT2D eigenvalue weighted by Crippen LogP contribution is 2.22. The summed E-state index contributed by atoms with van der Waals surface area (Å²) in [5, 5.41) is 3.52. The molecule has 0 saturated carbocycles. The van der Waals surface area contributed by atoms with E-state index in [0.717, 1.165) is 16.7 Å². The highest BCUT2D eigenvalue weighted by atomic mass is 35.5. The zero-order valence-corrected chi connectivity index (χ0v) is 26.7. The molecular formula is C34H35ClN4O6S. The summed E-state index contributed by atoms with van der Waals surface area (Å²) < 4.78 is 38.5. The molecule has 1 atom stereocenters. The molecule has 2 heterocycles. The summed E-state index contributed by atoms with van der Waals surface area (Å²) in [6.07, 6.45) is 3.61. The molecule has 0 bridgehead atoms. The number of ether oxygens (including phenoxy) is 2. The first-order valence-electron chi connectivity index (χ1n) is 14.8. The molecule has 1 aromatic heterocycles. The summed E-state index contributed by atoms with van der Waals surface area (Å²) >= 11 is 6.12. The Labute approximate surface area is 274 Å². The van der Waals surface area contributed by atoms with Crippen molar-refractivity contribution in [3.05, 3.63) is 125 Å². The number of benzene rings is 3. The van der Waals surface area contributed by atoms with Gasteiger partial charge >= 0.3 is 0 Å². The third-order valence-corrected chi connectivity index (χ3v) is 9.69. The van der Waals surface area contributed by atoms with Crippen molar-refractivity contribution in [3.8, 4) is 5.75 Å². The Morgan fingerprint density at radius 2 is 1.61 bits per heavy atom. The van der Waals surface area contributed by atoms with Gasteiger partial charge < -0.3 is 19.7 Å². The summed E-state index contributed by atoms with van der Waals surface area (Å²) in [6, 6.07) is 25.3. The van der Waals surface area contributed by atoms with Crippen molar-refractivity contribution in [1.82, 2.24) is 19.5 Å². The molecule has 3 aromatic carbocycles. The van der Waals surface area contributed by atoms with Crippen molar-refractivity contribution < 1.29 is 27.5 Å². The average molecular weight is 663 g/mol. The van der Waals surface area contributed by atoms with E-state index >= 15 is 0 Å². The Balaban J connectivity index is 1.35. The third-order valence-electron chi connectivity index (χ3n) is 7.52. The van der Waals surface area contributed by atoms with Gasteiger partial charge in [0.1, 0.15) is 11.8 Å². The van der Waals surface area contributed by atoms with E-state index in [-0.39, 0.29) is 36.9 Å². The van der Waals surface area contributed by atoms with Gasteiger partial charge in [-0.05, 0) is 59.2 Å². The number of carbonyl (C=O) groups is 2. The predicted molar refractivity (Wildman–Crippen MR) is 174 cm³/mol. The van der Waals surface area contributed by atoms with Crippen LogP contribution in [0.5, 0.6) is 5.75 Å². The summed E-state index contributed by atoms with van der Waals surface area (Å²) in [5.41, 5.74) is 2.50. The van der Waals surface area contributed by atoms with Crippen LogP contribution >= 0.6 is 11.6 Å². The molecule has 10 nitrogen and oxygen atoms in total. The number of halogens is 1. The van der Waals surface area contributed by atoms with E-state index in [0.29, 0.717) is 37.1 Å². The zero-order chi connectivity index (χ0) is 32.4. The molecule has 1 fully saturated rings. The number of aromatic nitrogens is 1. The number of amides is 2. The van der Waals surface area contributed by atoms with Gasteiger partial charge in [0, 0.05) is 50.0 Å². The first-order chi connectivity index (χ1) is 22.3. The molecule has 46 heavy (non-hydrogen) atoms. The molecule has 1 aliphatic heterocycles. The molecule has 2 amide bonds. The number of sulfonamides is 1. The minimum Gasteiger partial charge on any atom is -0.484 e. The maximum atomic E-state index is 13.9. The molecule has 1 saturated heterocycles. The van der Waals surface area contributed by atoms with Crippen molar-refractivity contribution in [1.29, 1.82) is 0 Å². The topological polar surface area (TPSA) is 118 Å². The lowest BCUT2D eigenvalue weighted by molar-refractivity contribution is -0.142. The van der Waals surface area contributed by atoms with Crippen LogP contribution in [0, 0.1) is 0 Å². The van der Waals surface area contributed by atoms with E-state index in [4.69, 9.17) is 21.1 Å². The predicted octanol–water partition coefficient (Wildman–Crippen LogP) is 4.09. The Morgan fingerprint density at radius 3 is 2.28 bits per heavy atom. The van der Waals surface area contributed by atoms with Crippen molar-refractivity contribution in [2.45, 2.75) is 30.4 Å². The van der Waals surface area contributed by atoms with Crippen LogP contribution in [0.1, 0.15) is 16.7 Å².